The Balaban J connectivity index is 1.44. The molecule has 2 heterocycles. The van der Waals surface area contributed by atoms with Crippen LogP contribution in [0.4, 0.5) is 10.1 Å². The number of aryl methyl sites for hydroxylation is 1. The number of rotatable bonds is 4. The zero-order valence-corrected chi connectivity index (χ0v) is 14.1. The molecule has 1 atom stereocenters. The summed E-state index contributed by atoms with van der Waals surface area (Å²) in [6, 6.07) is 6.86. The lowest BCUT2D eigenvalue weighted by Gasteiger charge is -2.42. The molecule has 0 amide bonds. The van der Waals surface area contributed by atoms with Gasteiger partial charge in [-0.05, 0) is 44.7 Å². The number of fused-ring (bicyclic) bond motifs is 1. The normalized spacial score (nSPS) is 28.2. The average Bonchev–Trinajstić information content (AvgIpc) is 2.97. The maximum absolute atomic E-state index is 14.0. The molecule has 1 aromatic carbocycles. The van der Waals surface area contributed by atoms with Crippen LogP contribution in [-0.4, -0.2) is 34.3 Å². The third kappa shape index (κ3) is 2.95. The summed E-state index contributed by atoms with van der Waals surface area (Å²) in [6.07, 6.45) is 3.10. The van der Waals surface area contributed by atoms with E-state index in [-0.39, 0.29) is 23.4 Å². The zero-order chi connectivity index (χ0) is 17.6. The van der Waals surface area contributed by atoms with Gasteiger partial charge in [-0.1, -0.05) is 12.1 Å². The van der Waals surface area contributed by atoms with E-state index in [0.29, 0.717) is 24.9 Å². The third-order valence-electron chi connectivity index (χ3n) is 5.36. The van der Waals surface area contributed by atoms with E-state index < -0.39 is 5.97 Å². The molecule has 2 N–H and O–H groups in total. The van der Waals surface area contributed by atoms with Crippen LogP contribution < -0.4 is 5.32 Å². The van der Waals surface area contributed by atoms with Crippen LogP contribution in [0, 0.1) is 18.7 Å². The fraction of sp³-hybridized carbons (Fsp3) is 0.474. The molecule has 0 bridgehead atoms. The number of carbonyl (C=O) groups is 1. The fourth-order valence-corrected chi connectivity index (χ4v) is 4.06. The van der Waals surface area contributed by atoms with Crippen molar-refractivity contribution in [2.75, 3.05) is 11.9 Å². The Morgan fingerprint density at radius 1 is 1.48 bits per heavy atom. The maximum atomic E-state index is 14.0. The van der Waals surface area contributed by atoms with Gasteiger partial charge in [0.05, 0.1) is 17.6 Å². The van der Waals surface area contributed by atoms with Gasteiger partial charge in [0.2, 0.25) is 0 Å². The first kappa shape index (κ1) is 16.3. The van der Waals surface area contributed by atoms with Crippen molar-refractivity contribution in [3.63, 3.8) is 0 Å². The molecule has 1 saturated carbocycles. The summed E-state index contributed by atoms with van der Waals surface area (Å²) in [5.74, 6) is -1.31. The van der Waals surface area contributed by atoms with E-state index in [1.54, 1.807) is 6.07 Å². The molecule has 1 unspecified atom stereocenters. The van der Waals surface area contributed by atoms with Crippen LogP contribution in [0.2, 0.25) is 0 Å². The molecule has 2 fully saturated rings. The molecule has 1 aliphatic carbocycles. The summed E-state index contributed by atoms with van der Waals surface area (Å²) in [5.41, 5.74) is 1.74. The molecule has 5 nitrogen and oxygen atoms in total. The van der Waals surface area contributed by atoms with Gasteiger partial charge in [-0.2, -0.15) is 0 Å². The minimum atomic E-state index is -0.725. The number of aromatic nitrogens is 1. The Bertz CT molecular complexity index is 833. The molecule has 1 aliphatic heterocycles. The summed E-state index contributed by atoms with van der Waals surface area (Å²) < 4.78 is 20.1. The van der Waals surface area contributed by atoms with Crippen LogP contribution in [0.25, 0.3) is 10.9 Å². The predicted octanol–water partition coefficient (Wildman–Crippen LogP) is 3.51. The smallest absolute Gasteiger partial charge is 0.306 e. The van der Waals surface area contributed by atoms with Gasteiger partial charge in [0, 0.05) is 23.3 Å². The molecular formula is C19H21FN2O3. The number of para-hydroxylation sites is 1. The van der Waals surface area contributed by atoms with E-state index in [0.717, 1.165) is 29.6 Å². The number of nitrogens with zero attached hydrogens (tertiary/aromatic N) is 1. The van der Waals surface area contributed by atoms with Crippen LogP contribution in [0.15, 0.2) is 24.3 Å². The van der Waals surface area contributed by atoms with E-state index >= 15 is 0 Å². The number of nitrogens with one attached hydrogen (secondary N) is 1. The van der Waals surface area contributed by atoms with Gasteiger partial charge < -0.3 is 15.2 Å². The number of carboxylic acid groups (broad SMARTS) is 1. The molecule has 1 saturated heterocycles. The van der Waals surface area contributed by atoms with Crippen LogP contribution in [0.5, 0.6) is 0 Å². The van der Waals surface area contributed by atoms with E-state index in [1.807, 2.05) is 19.1 Å². The molecule has 0 radical (unpaired) electrons. The van der Waals surface area contributed by atoms with Crippen LogP contribution in [-0.2, 0) is 9.53 Å². The molecule has 2 aromatic rings. The van der Waals surface area contributed by atoms with E-state index in [2.05, 4.69) is 10.3 Å². The summed E-state index contributed by atoms with van der Waals surface area (Å²) in [6.45, 7) is 2.47. The Morgan fingerprint density at radius 3 is 3.04 bits per heavy atom. The van der Waals surface area contributed by atoms with Crippen molar-refractivity contribution >= 4 is 22.6 Å². The molecule has 1 aromatic heterocycles. The summed E-state index contributed by atoms with van der Waals surface area (Å²) in [5, 5.41) is 13.2. The van der Waals surface area contributed by atoms with Gasteiger partial charge in [0.1, 0.15) is 11.3 Å². The van der Waals surface area contributed by atoms with E-state index in [9.17, 15) is 9.18 Å². The van der Waals surface area contributed by atoms with E-state index in [1.165, 1.54) is 6.07 Å². The van der Waals surface area contributed by atoms with Gasteiger partial charge in [0.25, 0.3) is 0 Å². The van der Waals surface area contributed by atoms with Crippen molar-refractivity contribution in [1.29, 1.82) is 0 Å². The molecule has 6 heteroatoms. The largest absolute Gasteiger partial charge is 0.481 e. The summed E-state index contributed by atoms with van der Waals surface area (Å²) in [4.78, 5) is 15.3. The number of anilines is 1. The minimum Gasteiger partial charge on any atom is -0.481 e. The number of ether oxygens (including phenoxy) is 1. The molecule has 2 aliphatic rings. The lowest BCUT2D eigenvalue weighted by Crippen LogP contribution is -2.47. The first-order valence-corrected chi connectivity index (χ1v) is 8.66. The van der Waals surface area contributed by atoms with Gasteiger partial charge in [0.15, 0.2) is 0 Å². The molecule has 1 spiro atoms. The average molecular weight is 344 g/mol. The van der Waals surface area contributed by atoms with Gasteiger partial charge in [-0.25, -0.2) is 9.37 Å². The molecule has 132 valence electrons. The number of carboxylic acids is 1. The van der Waals surface area contributed by atoms with Crippen LogP contribution in [0.1, 0.15) is 31.4 Å². The Morgan fingerprint density at radius 2 is 2.28 bits per heavy atom. The minimum absolute atomic E-state index is 0.0480. The highest BCUT2D eigenvalue weighted by Gasteiger charge is 2.52. The molecular weight excluding hydrogens is 323 g/mol. The highest BCUT2D eigenvalue weighted by Crippen LogP contribution is 2.49. The zero-order valence-electron chi connectivity index (χ0n) is 14.1. The topological polar surface area (TPSA) is 71.5 Å². The second kappa shape index (κ2) is 5.95. The van der Waals surface area contributed by atoms with Gasteiger partial charge in [-0.3, -0.25) is 4.79 Å². The van der Waals surface area contributed by atoms with Gasteiger partial charge in [-0.15, -0.1) is 0 Å². The number of hydrogen-bond acceptors (Lipinski definition) is 4. The Labute approximate surface area is 145 Å². The second-order valence-electron chi connectivity index (χ2n) is 7.23. The lowest BCUT2D eigenvalue weighted by atomic mass is 9.69. The van der Waals surface area contributed by atoms with Crippen molar-refractivity contribution in [2.24, 2.45) is 5.92 Å². The number of aliphatic carboxylic acids is 1. The number of pyridine rings is 1. The van der Waals surface area contributed by atoms with Crippen molar-refractivity contribution in [2.45, 2.75) is 44.3 Å². The standard InChI is InChI=1S/C19H21FN2O3/c1-11-7-16(14-3-2-4-15(20)17(14)22-11)21-10-13-5-6-19(25-13)8-12(9-19)18(23)24/h2-4,7,12-13H,5-6,8-10H2,1H3,(H,21,22)(H,23,24). The first-order chi connectivity index (χ1) is 12.0. The highest BCUT2D eigenvalue weighted by molar-refractivity contribution is 5.91. The number of hydrogen-bond donors (Lipinski definition) is 2. The van der Waals surface area contributed by atoms with Crippen LogP contribution in [0.3, 0.4) is 0 Å². The first-order valence-electron chi connectivity index (χ1n) is 8.66. The van der Waals surface area contributed by atoms with Crippen molar-refractivity contribution < 1.29 is 19.0 Å². The highest BCUT2D eigenvalue weighted by atomic mass is 19.1. The quantitative estimate of drug-likeness (QED) is 0.888. The van der Waals surface area contributed by atoms with Crippen LogP contribution >= 0.6 is 0 Å². The number of halogens is 1. The maximum Gasteiger partial charge on any atom is 0.306 e. The molecule has 4 rings (SSSR count). The van der Waals surface area contributed by atoms with Gasteiger partial charge >= 0.3 is 5.97 Å². The molecule has 25 heavy (non-hydrogen) atoms. The summed E-state index contributed by atoms with van der Waals surface area (Å²) in [7, 11) is 0. The fourth-order valence-electron chi connectivity index (χ4n) is 4.06. The second-order valence-corrected chi connectivity index (χ2v) is 7.23. The SMILES string of the molecule is Cc1cc(NCC2CCC3(CC(C(=O)O)C3)O2)c2cccc(F)c2n1. The van der Waals surface area contributed by atoms with Crippen molar-refractivity contribution in [3.05, 3.63) is 35.8 Å². The predicted molar refractivity (Wildman–Crippen MR) is 92.1 cm³/mol. The van der Waals surface area contributed by atoms with E-state index in [4.69, 9.17) is 9.84 Å². The summed E-state index contributed by atoms with van der Waals surface area (Å²) >= 11 is 0. The van der Waals surface area contributed by atoms with Crippen molar-refractivity contribution in [1.82, 2.24) is 4.98 Å². The monoisotopic (exact) mass is 344 g/mol. The van der Waals surface area contributed by atoms with Crippen molar-refractivity contribution in [3.8, 4) is 0 Å². The Hall–Kier alpha value is -2.21. The lowest BCUT2D eigenvalue weighted by molar-refractivity contribution is -0.164. The Kier molecular flexibility index (Phi) is 3.87. The third-order valence-corrected chi connectivity index (χ3v) is 5.36. The number of benzene rings is 1.